The minimum absolute atomic E-state index is 0. The predicted octanol–water partition coefficient (Wildman–Crippen LogP) is 2.27. The Labute approximate surface area is 122 Å². The summed E-state index contributed by atoms with van der Waals surface area (Å²) in [5.41, 5.74) is 5.75. The van der Waals surface area contributed by atoms with Crippen molar-refractivity contribution in [3.63, 3.8) is 0 Å². The predicted molar refractivity (Wildman–Crippen MR) is 83.0 cm³/mol. The van der Waals surface area contributed by atoms with Gasteiger partial charge >= 0.3 is 0 Å². The lowest BCUT2D eigenvalue weighted by Gasteiger charge is -2.08. The van der Waals surface area contributed by atoms with Gasteiger partial charge in [-0.1, -0.05) is 26.2 Å². The van der Waals surface area contributed by atoms with Crippen molar-refractivity contribution in [3.05, 3.63) is 0 Å². The lowest BCUT2D eigenvalue weighted by molar-refractivity contribution is 0.118. The van der Waals surface area contributed by atoms with Crippen LogP contribution in [0.1, 0.15) is 45.4 Å². The highest BCUT2D eigenvalue weighted by atomic mass is 127. The molecule has 0 spiro atoms. The first-order chi connectivity index (χ1) is 7.83. The third-order valence-corrected chi connectivity index (χ3v) is 2.83. The van der Waals surface area contributed by atoms with Gasteiger partial charge in [-0.05, 0) is 19.3 Å². The maximum absolute atomic E-state index is 5.75. The van der Waals surface area contributed by atoms with E-state index in [1.54, 1.807) is 0 Å². The standard InChI is InChI=1S/C12H25N3O.HI/c1-2-3-4-5-8-14-12(13)15-10-11-7-6-9-16-11;/h11H,2-10H2,1H3,(H3,13,14,15);1H. The zero-order valence-electron chi connectivity index (χ0n) is 10.8. The number of halogens is 1. The Morgan fingerprint density at radius 2 is 2.24 bits per heavy atom. The Morgan fingerprint density at radius 3 is 2.88 bits per heavy atom. The van der Waals surface area contributed by atoms with E-state index in [1.807, 2.05) is 0 Å². The molecule has 0 aromatic rings. The molecule has 1 fully saturated rings. The average molecular weight is 355 g/mol. The summed E-state index contributed by atoms with van der Waals surface area (Å²) in [5, 5.41) is 3.14. The van der Waals surface area contributed by atoms with Gasteiger partial charge in [0.1, 0.15) is 0 Å². The lowest BCUT2D eigenvalue weighted by Crippen LogP contribution is -2.33. The number of nitrogens with zero attached hydrogens (tertiary/aromatic N) is 1. The molecule has 3 N–H and O–H groups in total. The highest BCUT2D eigenvalue weighted by molar-refractivity contribution is 14.0. The molecule has 17 heavy (non-hydrogen) atoms. The van der Waals surface area contributed by atoms with Crippen LogP contribution < -0.4 is 11.1 Å². The van der Waals surface area contributed by atoms with Crippen LogP contribution in [-0.4, -0.2) is 31.8 Å². The van der Waals surface area contributed by atoms with Crippen LogP contribution in [0.5, 0.6) is 0 Å². The first-order valence-electron chi connectivity index (χ1n) is 6.48. The van der Waals surface area contributed by atoms with Crippen LogP contribution in [0, 0.1) is 0 Å². The van der Waals surface area contributed by atoms with Crippen LogP contribution in [0.2, 0.25) is 0 Å². The summed E-state index contributed by atoms with van der Waals surface area (Å²) in [4.78, 5) is 4.28. The molecule has 1 atom stereocenters. The number of rotatable bonds is 7. The summed E-state index contributed by atoms with van der Waals surface area (Å²) in [6.45, 7) is 4.73. The summed E-state index contributed by atoms with van der Waals surface area (Å²) < 4.78 is 5.47. The van der Waals surface area contributed by atoms with Gasteiger partial charge in [-0.15, -0.1) is 24.0 Å². The van der Waals surface area contributed by atoms with Crippen LogP contribution in [0.15, 0.2) is 4.99 Å². The van der Waals surface area contributed by atoms with Crippen molar-refractivity contribution >= 4 is 29.9 Å². The molecule has 5 heteroatoms. The molecule has 0 amide bonds. The van der Waals surface area contributed by atoms with Crippen molar-refractivity contribution in [1.29, 1.82) is 0 Å². The summed E-state index contributed by atoms with van der Waals surface area (Å²) in [7, 11) is 0. The summed E-state index contributed by atoms with van der Waals surface area (Å²) >= 11 is 0. The van der Waals surface area contributed by atoms with Gasteiger partial charge in [0.05, 0.1) is 12.6 Å². The van der Waals surface area contributed by atoms with E-state index in [0.717, 1.165) is 26.0 Å². The number of nitrogens with one attached hydrogen (secondary N) is 1. The van der Waals surface area contributed by atoms with Crippen LogP contribution in [-0.2, 0) is 4.74 Å². The molecule has 1 unspecified atom stereocenters. The molecule has 4 nitrogen and oxygen atoms in total. The molecular formula is C12H26IN3O. The molecule has 1 heterocycles. The van der Waals surface area contributed by atoms with E-state index in [2.05, 4.69) is 17.2 Å². The van der Waals surface area contributed by atoms with Gasteiger partial charge < -0.3 is 15.8 Å². The van der Waals surface area contributed by atoms with Crippen molar-refractivity contribution in [1.82, 2.24) is 5.32 Å². The molecule has 1 rings (SSSR count). The van der Waals surface area contributed by atoms with Gasteiger partial charge in [0.25, 0.3) is 0 Å². The largest absolute Gasteiger partial charge is 0.376 e. The second-order valence-electron chi connectivity index (χ2n) is 4.35. The Balaban J connectivity index is 0.00000256. The van der Waals surface area contributed by atoms with Crippen molar-refractivity contribution in [2.75, 3.05) is 19.7 Å². The fourth-order valence-corrected chi connectivity index (χ4v) is 1.81. The minimum atomic E-state index is 0. The third kappa shape index (κ3) is 8.65. The molecule has 1 aliphatic rings. The number of hydrogen-bond donors (Lipinski definition) is 2. The van der Waals surface area contributed by atoms with Gasteiger partial charge in [0.2, 0.25) is 0 Å². The fraction of sp³-hybridized carbons (Fsp3) is 0.917. The van der Waals surface area contributed by atoms with E-state index in [4.69, 9.17) is 10.5 Å². The van der Waals surface area contributed by atoms with Crippen molar-refractivity contribution in [3.8, 4) is 0 Å². The SMILES string of the molecule is CCCCCCNC(N)=NCC1CCCO1.I. The van der Waals surface area contributed by atoms with E-state index in [9.17, 15) is 0 Å². The van der Waals surface area contributed by atoms with Gasteiger partial charge in [-0.25, -0.2) is 0 Å². The highest BCUT2D eigenvalue weighted by Crippen LogP contribution is 2.11. The molecule has 0 radical (unpaired) electrons. The van der Waals surface area contributed by atoms with E-state index < -0.39 is 0 Å². The molecule has 0 aromatic heterocycles. The molecule has 1 aliphatic heterocycles. The van der Waals surface area contributed by atoms with Crippen LogP contribution in [0.4, 0.5) is 0 Å². The Morgan fingerprint density at radius 1 is 1.41 bits per heavy atom. The Bertz CT molecular complexity index is 206. The quantitative estimate of drug-likeness (QED) is 0.319. The van der Waals surface area contributed by atoms with Crippen LogP contribution in [0.25, 0.3) is 0 Å². The fourth-order valence-electron chi connectivity index (χ4n) is 1.81. The number of hydrogen-bond acceptors (Lipinski definition) is 2. The topological polar surface area (TPSA) is 59.6 Å². The second-order valence-corrected chi connectivity index (χ2v) is 4.35. The molecule has 0 aromatic carbocycles. The van der Waals surface area contributed by atoms with Gasteiger partial charge in [0, 0.05) is 13.2 Å². The van der Waals surface area contributed by atoms with Crippen molar-refractivity contribution in [2.24, 2.45) is 10.7 Å². The number of guanidine groups is 1. The van der Waals surface area contributed by atoms with Crippen molar-refractivity contribution in [2.45, 2.75) is 51.6 Å². The lowest BCUT2D eigenvalue weighted by atomic mass is 10.2. The maximum Gasteiger partial charge on any atom is 0.188 e. The number of ether oxygens (including phenoxy) is 1. The highest BCUT2D eigenvalue weighted by Gasteiger charge is 2.14. The van der Waals surface area contributed by atoms with E-state index in [-0.39, 0.29) is 24.0 Å². The Kier molecular flexibility index (Phi) is 11.0. The minimum Gasteiger partial charge on any atom is -0.376 e. The molecule has 1 saturated heterocycles. The number of unbranched alkanes of at least 4 members (excludes halogenated alkanes) is 3. The summed E-state index contributed by atoms with van der Waals surface area (Å²) in [6, 6.07) is 0. The van der Waals surface area contributed by atoms with Gasteiger partial charge in [-0.2, -0.15) is 0 Å². The molecule has 0 aliphatic carbocycles. The van der Waals surface area contributed by atoms with Crippen molar-refractivity contribution < 1.29 is 4.74 Å². The first kappa shape index (κ1) is 17.0. The van der Waals surface area contributed by atoms with Gasteiger partial charge in [0.15, 0.2) is 5.96 Å². The summed E-state index contributed by atoms with van der Waals surface area (Å²) in [5.74, 6) is 0.562. The normalized spacial score (nSPS) is 20.1. The maximum atomic E-state index is 5.75. The van der Waals surface area contributed by atoms with Crippen LogP contribution >= 0.6 is 24.0 Å². The monoisotopic (exact) mass is 355 g/mol. The Hall–Kier alpha value is -0.0400. The molecule has 0 saturated carbocycles. The zero-order chi connectivity index (χ0) is 11.6. The first-order valence-corrected chi connectivity index (χ1v) is 6.48. The zero-order valence-corrected chi connectivity index (χ0v) is 13.1. The third-order valence-electron chi connectivity index (χ3n) is 2.83. The molecule has 102 valence electrons. The number of nitrogens with two attached hydrogens (primary N) is 1. The van der Waals surface area contributed by atoms with E-state index in [0.29, 0.717) is 18.6 Å². The van der Waals surface area contributed by atoms with Crippen LogP contribution in [0.3, 0.4) is 0 Å². The summed E-state index contributed by atoms with van der Waals surface area (Å²) in [6.07, 6.45) is 7.57. The van der Waals surface area contributed by atoms with E-state index >= 15 is 0 Å². The molecular weight excluding hydrogens is 329 g/mol. The average Bonchev–Trinajstić information content (AvgIpc) is 2.79. The smallest absolute Gasteiger partial charge is 0.188 e. The molecule has 0 bridgehead atoms. The number of aliphatic imine (C=N–C) groups is 1. The van der Waals surface area contributed by atoms with Gasteiger partial charge in [-0.3, -0.25) is 4.99 Å². The second kappa shape index (κ2) is 11.1. The van der Waals surface area contributed by atoms with E-state index in [1.165, 1.54) is 25.7 Å².